The summed E-state index contributed by atoms with van der Waals surface area (Å²) in [4.78, 5) is 8.61. The van der Waals surface area contributed by atoms with E-state index in [-0.39, 0.29) is 5.54 Å². The van der Waals surface area contributed by atoms with Crippen LogP contribution in [0.1, 0.15) is 51.1 Å². The smallest absolute Gasteiger partial charge is 0.185 e. The maximum Gasteiger partial charge on any atom is 0.185 e. The molecule has 0 saturated carbocycles. The van der Waals surface area contributed by atoms with Crippen LogP contribution in [-0.2, 0) is 6.54 Å². The number of hydrogen-bond donors (Lipinski definition) is 1. The molecule has 1 aromatic heterocycles. The molecule has 3 nitrogen and oxygen atoms in total. The Morgan fingerprint density at radius 2 is 2.16 bits per heavy atom. The number of hydrogen-bond acceptors (Lipinski definition) is 4. The number of nitrogens with one attached hydrogen (secondary N) is 1. The van der Waals surface area contributed by atoms with Crippen molar-refractivity contribution in [2.45, 2.75) is 59.5 Å². The molecular formula is C15H27N3S. The summed E-state index contributed by atoms with van der Waals surface area (Å²) < 4.78 is 0. The van der Waals surface area contributed by atoms with E-state index in [0.717, 1.165) is 12.5 Å². The van der Waals surface area contributed by atoms with E-state index in [4.69, 9.17) is 4.98 Å². The topological polar surface area (TPSA) is 28.2 Å². The number of rotatable bonds is 4. The van der Waals surface area contributed by atoms with Crippen LogP contribution in [0.15, 0.2) is 0 Å². The van der Waals surface area contributed by atoms with Gasteiger partial charge in [-0.15, -0.1) is 11.3 Å². The highest BCUT2D eigenvalue weighted by atomic mass is 32.1. The first kappa shape index (κ1) is 14.8. The predicted octanol–water partition coefficient (Wildman–Crippen LogP) is 3.58. The van der Waals surface area contributed by atoms with Crippen LogP contribution >= 0.6 is 11.3 Å². The molecule has 1 aliphatic heterocycles. The van der Waals surface area contributed by atoms with Crippen molar-refractivity contribution in [1.29, 1.82) is 0 Å². The molecule has 2 heterocycles. The maximum absolute atomic E-state index is 4.77. The molecular weight excluding hydrogens is 254 g/mol. The Kier molecular flexibility index (Phi) is 4.51. The van der Waals surface area contributed by atoms with Gasteiger partial charge in [-0.25, -0.2) is 4.98 Å². The summed E-state index contributed by atoms with van der Waals surface area (Å²) in [6, 6.07) is 0. The second kappa shape index (κ2) is 5.80. The number of aromatic nitrogens is 1. The van der Waals surface area contributed by atoms with Gasteiger partial charge in [-0.2, -0.15) is 0 Å². The molecule has 1 atom stereocenters. The minimum absolute atomic E-state index is 0.164. The van der Waals surface area contributed by atoms with Gasteiger partial charge in [0.1, 0.15) is 0 Å². The fourth-order valence-corrected chi connectivity index (χ4v) is 3.43. The van der Waals surface area contributed by atoms with E-state index in [2.05, 4.69) is 44.8 Å². The predicted molar refractivity (Wildman–Crippen MR) is 84.1 cm³/mol. The third-order valence-corrected chi connectivity index (χ3v) is 5.01. The fraction of sp³-hybridized carbons (Fsp3) is 0.800. The lowest BCUT2D eigenvalue weighted by molar-refractivity contribution is 0.425. The minimum atomic E-state index is 0.164. The van der Waals surface area contributed by atoms with Gasteiger partial charge in [0.25, 0.3) is 0 Å². The highest BCUT2D eigenvalue weighted by Crippen LogP contribution is 2.31. The van der Waals surface area contributed by atoms with Gasteiger partial charge in [0.2, 0.25) is 0 Å². The van der Waals surface area contributed by atoms with E-state index in [9.17, 15) is 0 Å². The van der Waals surface area contributed by atoms with Crippen molar-refractivity contribution in [3.63, 3.8) is 0 Å². The van der Waals surface area contributed by atoms with Crippen LogP contribution in [-0.4, -0.2) is 23.6 Å². The Labute approximate surface area is 121 Å². The van der Waals surface area contributed by atoms with E-state index < -0.39 is 0 Å². The molecule has 19 heavy (non-hydrogen) atoms. The number of nitrogens with zero attached hydrogens (tertiary/aromatic N) is 2. The Balaban J connectivity index is 2.01. The van der Waals surface area contributed by atoms with E-state index >= 15 is 0 Å². The molecule has 2 rings (SSSR count). The molecule has 4 heteroatoms. The SMILES string of the molecule is CCC1CCN(c2nc(C)c(CNC(C)(C)C)s2)C1. The molecule has 1 fully saturated rings. The van der Waals surface area contributed by atoms with Gasteiger partial charge < -0.3 is 10.2 Å². The summed E-state index contributed by atoms with van der Waals surface area (Å²) in [5.41, 5.74) is 1.36. The standard InChI is InChI=1S/C15H27N3S/c1-6-12-7-8-18(10-12)14-17-11(2)13(19-14)9-16-15(3,4)5/h12,16H,6-10H2,1-5H3. The van der Waals surface area contributed by atoms with Crippen molar-refractivity contribution in [2.75, 3.05) is 18.0 Å². The van der Waals surface area contributed by atoms with Gasteiger partial charge in [0.05, 0.1) is 5.69 Å². The molecule has 108 valence electrons. The van der Waals surface area contributed by atoms with E-state index in [1.165, 1.54) is 41.6 Å². The number of thiazole rings is 1. The van der Waals surface area contributed by atoms with Crippen molar-refractivity contribution in [3.05, 3.63) is 10.6 Å². The van der Waals surface area contributed by atoms with Gasteiger partial charge in [-0.3, -0.25) is 0 Å². The van der Waals surface area contributed by atoms with Crippen molar-refractivity contribution < 1.29 is 0 Å². The zero-order chi connectivity index (χ0) is 14.0. The van der Waals surface area contributed by atoms with Crippen molar-refractivity contribution in [1.82, 2.24) is 10.3 Å². The largest absolute Gasteiger partial charge is 0.348 e. The van der Waals surface area contributed by atoms with Crippen LogP contribution in [0.3, 0.4) is 0 Å². The van der Waals surface area contributed by atoms with Gasteiger partial charge in [0.15, 0.2) is 5.13 Å². The van der Waals surface area contributed by atoms with E-state index in [1.807, 2.05) is 11.3 Å². The first-order valence-electron chi connectivity index (χ1n) is 7.35. The highest BCUT2D eigenvalue weighted by Gasteiger charge is 2.24. The summed E-state index contributed by atoms with van der Waals surface area (Å²) in [7, 11) is 0. The number of anilines is 1. The minimum Gasteiger partial charge on any atom is -0.348 e. The summed E-state index contributed by atoms with van der Waals surface area (Å²) >= 11 is 1.86. The Bertz CT molecular complexity index is 420. The molecule has 0 aromatic carbocycles. The lowest BCUT2D eigenvalue weighted by Gasteiger charge is -2.20. The lowest BCUT2D eigenvalue weighted by atomic mass is 10.1. The molecule has 0 bridgehead atoms. The summed E-state index contributed by atoms with van der Waals surface area (Å²) in [6.45, 7) is 14.3. The Morgan fingerprint density at radius 3 is 2.74 bits per heavy atom. The molecule has 1 aromatic rings. The molecule has 0 aliphatic carbocycles. The number of aryl methyl sites for hydroxylation is 1. The maximum atomic E-state index is 4.77. The summed E-state index contributed by atoms with van der Waals surface area (Å²) in [5, 5.41) is 4.78. The first-order valence-corrected chi connectivity index (χ1v) is 8.17. The Hall–Kier alpha value is -0.610. The van der Waals surface area contributed by atoms with Crippen molar-refractivity contribution >= 4 is 16.5 Å². The monoisotopic (exact) mass is 281 g/mol. The third-order valence-electron chi connectivity index (χ3n) is 3.79. The average Bonchev–Trinajstić information content (AvgIpc) is 2.91. The second-order valence-electron chi connectivity index (χ2n) is 6.62. The zero-order valence-electron chi connectivity index (χ0n) is 12.9. The lowest BCUT2D eigenvalue weighted by Crippen LogP contribution is -2.34. The van der Waals surface area contributed by atoms with Crippen LogP contribution in [0, 0.1) is 12.8 Å². The third kappa shape index (κ3) is 3.93. The van der Waals surface area contributed by atoms with Crippen LogP contribution in [0.5, 0.6) is 0 Å². The molecule has 1 unspecified atom stereocenters. The molecule has 0 radical (unpaired) electrons. The van der Waals surface area contributed by atoms with Gasteiger partial charge in [-0.05, 0) is 40.0 Å². The second-order valence-corrected chi connectivity index (χ2v) is 7.68. The molecule has 0 amide bonds. The average molecular weight is 281 g/mol. The van der Waals surface area contributed by atoms with Gasteiger partial charge in [-0.1, -0.05) is 13.3 Å². The fourth-order valence-electron chi connectivity index (χ4n) is 2.40. The van der Waals surface area contributed by atoms with Crippen LogP contribution in [0.2, 0.25) is 0 Å². The normalized spacial score (nSPS) is 20.3. The van der Waals surface area contributed by atoms with Crippen LogP contribution < -0.4 is 10.2 Å². The molecule has 1 aliphatic rings. The first-order chi connectivity index (χ1) is 8.89. The van der Waals surface area contributed by atoms with Crippen LogP contribution in [0.25, 0.3) is 0 Å². The van der Waals surface area contributed by atoms with Crippen molar-refractivity contribution in [2.24, 2.45) is 5.92 Å². The summed E-state index contributed by atoms with van der Waals surface area (Å²) in [6.07, 6.45) is 2.62. The quantitative estimate of drug-likeness (QED) is 0.914. The molecule has 0 spiro atoms. The summed E-state index contributed by atoms with van der Waals surface area (Å²) in [5.74, 6) is 0.861. The molecule has 1 saturated heterocycles. The van der Waals surface area contributed by atoms with E-state index in [0.29, 0.717) is 0 Å². The molecule has 1 N–H and O–H groups in total. The Morgan fingerprint density at radius 1 is 1.42 bits per heavy atom. The van der Waals surface area contributed by atoms with Crippen LogP contribution in [0.4, 0.5) is 5.13 Å². The van der Waals surface area contributed by atoms with E-state index in [1.54, 1.807) is 0 Å². The highest BCUT2D eigenvalue weighted by molar-refractivity contribution is 7.15. The van der Waals surface area contributed by atoms with Crippen molar-refractivity contribution in [3.8, 4) is 0 Å². The van der Waals surface area contributed by atoms with Gasteiger partial charge in [0, 0.05) is 30.1 Å². The van der Waals surface area contributed by atoms with Gasteiger partial charge >= 0.3 is 0 Å². The zero-order valence-corrected chi connectivity index (χ0v) is 13.7.